The number of nitrogens with one attached hydrogen (secondary N) is 3. The van der Waals surface area contributed by atoms with Gasteiger partial charge in [-0.2, -0.15) is 0 Å². The summed E-state index contributed by atoms with van der Waals surface area (Å²) in [6, 6.07) is 7.09. The van der Waals surface area contributed by atoms with Crippen LogP contribution >= 0.6 is 0 Å². The molecule has 28 heteroatoms. The molecule has 0 aromatic heterocycles. The quantitative estimate of drug-likeness (QED) is 0.0667. The van der Waals surface area contributed by atoms with Crippen LogP contribution in [0.1, 0.15) is 86.6 Å². The number of methoxy groups -OCH3 is 3. The zero-order chi connectivity index (χ0) is 69.5. The Hall–Kier alpha value is -4.92. The summed E-state index contributed by atoms with van der Waals surface area (Å²) in [5.74, 6) is -3.35. The molecule has 0 aliphatic carbocycles. The minimum atomic E-state index is -1.32. The van der Waals surface area contributed by atoms with Gasteiger partial charge in [-0.1, -0.05) is 64.4 Å². The van der Waals surface area contributed by atoms with Crippen LogP contribution in [0.5, 0.6) is 0 Å². The molecule has 1 aliphatic rings. The fourth-order valence-electron chi connectivity index (χ4n) is 10.6. The number of hydrogen-bond donors (Lipinski definition) is 4. The summed E-state index contributed by atoms with van der Waals surface area (Å²) in [4.78, 5) is 86.8. The molecule has 28 nitrogen and oxygen atoms in total. The van der Waals surface area contributed by atoms with Gasteiger partial charge in [0, 0.05) is 54.6 Å². The summed E-state index contributed by atoms with van der Waals surface area (Å²) >= 11 is 0. The van der Waals surface area contributed by atoms with Crippen LogP contribution in [0.3, 0.4) is 0 Å². The van der Waals surface area contributed by atoms with E-state index in [-0.39, 0.29) is 69.7 Å². The van der Waals surface area contributed by atoms with Crippen molar-refractivity contribution in [2.24, 2.45) is 17.8 Å². The van der Waals surface area contributed by atoms with Gasteiger partial charge in [0.1, 0.15) is 11.6 Å². The lowest BCUT2D eigenvalue weighted by Gasteiger charge is -2.40. The molecule has 4 N–H and O–H groups in total. The normalized spacial score (nSPS) is 16.0. The average Bonchev–Trinajstić information content (AvgIpc) is 1.51. The standard InChI is InChI=1S/C66H118N6O22/c1-14-50(4)60(70(9)57(74)48-67-63(76)59(49(2)3)71(10)65(79)94-66(6,7)8)54(81-12)46-56(73)72-22-18-21-53(72)61(82-13)58(62(75)69-51(5)45-52-19-16-15-17-20-52)55(47-68-64(77)78)93-44-43-92-42-41-91-40-39-90-38-37-89-36-35-88-34-33-87-32-31-86-30-29-85-28-27-84-26-25-83-24-23-80-11/h15-17,19-20,49-51,53-55,58-61,68H,14,18,21-48H2,1-13H3,(H,67,76)(H,69,75)(H,77,78)/t50?,51-,53?,54?,55?,58-,59?,60?,61?/m1/s1. The summed E-state index contributed by atoms with van der Waals surface area (Å²) in [7, 11) is 7.67. The summed E-state index contributed by atoms with van der Waals surface area (Å²) in [6.07, 6.45) is -2.87. The second-order valence-electron chi connectivity index (χ2n) is 24.2. The molecule has 9 atom stereocenters. The highest BCUT2D eigenvalue weighted by atomic mass is 16.6. The van der Waals surface area contributed by atoms with Crippen molar-refractivity contribution in [3.63, 3.8) is 0 Å². The number of carboxylic acid groups (broad SMARTS) is 1. The zero-order valence-corrected chi connectivity index (χ0v) is 58.7. The van der Waals surface area contributed by atoms with Gasteiger partial charge in [0.15, 0.2) is 0 Å². The van der Waals surface area contributed by atoms with Crippen LogP contribution < -0.4 is 16.0 Å². The van der Waals surface area contributed by atoms with Crippen molar-refractivity contribution in [3.8, 4) is 0 Å². The third-order valence-electron chi connectivity index (χ3n) is 15.4. The van der Waals surface area contributed by atoms with Gasteiger partial charge in [-0.3, -0.25) is 24.1 Å². The maximum absolute atomic E-state index is 14.8. The van der Waals surface area contributed by atoms with Gasteiger partial charge in [-0.15, -0.1) is 0 Å². The Kier molecular flexibility index (Phi) is 46.5. The van der Waals surface area contributed by atoms with Crippen molar-refractivity contribution in [2.75, 3.05) is 200 Å². The Balaban J connectivity index is 1.96. The lowest BCUT2D eigenvalue weighted by Crippen LogP contribution is -2.58. The lowest BCUT2D eigenvalue weighted by atomic mass is 9.87. The highest BCUT2D eigenvalue weighted by Gasteiger charge is 2.47. The molecule has 0 radical (unpaired) electrons. The van der Waals surface area contributed by atoms with Crippen molar-refractivity contribution in [1.82, 2.24) is 30.7 Å². The number of likely N-dealkylation sites (tertiary alicyclic amines) is 1. The van der Waals surface area contributed by atoms with Gasteiger partial charge in [-0.25, -0.2) is 9.59 Å². The van der Waals surface area contributed by atoms with Crippen LogP contribution in [-0.4, -0.2) is 304 Å². The molecular weight excluding hydrogens is 1230 g/mol. The fraction of sp³-hybridized carbons (Fsp3) is 0.818. The Morgan fingerprint density at radius 2 is 1.09 bits per heavy atom. The molecule has 1 fully saturated rings. The Bertz CT molecular complexity index is 2170. The summed E-state index contributed by atoms with van der Waals surface area (Å²) < 4.78 is 84.7. The molecule has 0 saturated carbocycles. The number of amides is 6. The molecule has 1 heterocycles. The summed E-state index contributed by atoms with van der Waals surface area (Å²) in [5, 5.41) is 18.1. The first-order valence-corrected chi connectivity index (χ1v) is 33.1. The second-order valence-corrected chi connectivity index (χ2v) is 24.2. The number of benzene rings is 1. The van der Waals surface area contributed by atoms with Crippen molar-refractivity contribution < 1.29 is 105 Å². The number of ether oxygens (including phenoxy) is 15. The van der Waals surface area contributed by atoms with E-state index in [9.17, 15) is 33.9 Å². The van der Waals surface area contributed by atoms with Crippen molar-refractivity contribution in [2.45, 2.75) is 136 Å². The monoisotopic (exact) mass is 1350 g/mol. The predicted molar refractivity (Wildman–Crippen MR) is 350 cm³/mol. The first kappa shape index (κ1) is 85.2. The molecular formula is C66H118N6O22. The molecule has 1 aromatic rings. The highest BCUT2D eigenvalue weighted by molar-refractivity contribution is 5.90. The van der Waals surface area contributed by atoms with Crippen molar-refractivity contribution in [1.29, 1.82) is 0 Å². The number of hydrogen-bond acceptors (Lipinski definition) is 21. The van der Waals surface area contributed by atoms with Gasteiger partial charge in [0.25, 0.3) is 0 Å². The largest absolute Gasteiger partial charge is 0.465 e. The topological polar surface area (TPSA) is 307 Å². The van der Waals surface area contributed by atoms with Crippen LogP contribution in [0, 0.1) is 17.8 Å². The molecule has 6 amide bonds. The Morgan fingerprint density at radius 3 is 1.50 bits per heavy atom. The number of likely N-dealkylation sites (N-methyl/N-ethyl adjacent to an activating group) is 2. The van der Waals surface area contributed by atoms with E-state index in [0.717, 1.165) is 5.56 Å². The first-order chi connectivity index (χ1) is 45.1. The maximum atomic E-state index is 14.8. The Labute approximate surface area is 559 Å². The highest BCUT2D eigenvalue weighted by Crippen LogP contribution is 2.32. The van der Waals surface area contributed by atoms with E-state index in [1.807, 2.05) is 51.1 Å². The number of nitrogens with zero attached hydrogens (tertiary/aromatic N) is 3. The second kappa shape index (κ2) is 51.3. The molecule has 1 aromatic carbocycles. The van der Waals surface area contributed by atoms with Gasteiger partial charge >= 0.3 is 12.2 Å². The Morgan fingerprint density at radius 1 is 0.617 bits per heavy atom. The number of rotatable bonds is 56. The average molecular weight is 1350 g/mol. The molecule has 0 spiro atoms. The minimum Gasteiger partial charge on any atom is -0.465 e. The van der Waals surface area contributed by atoms with E-state index in [4.69, 9.17) is 71.1 Å². The third-order valence-corrected chi connectivity index (χ3v) is 15.4. The van der Waals surface area contributed by atoms with Crippen molar-refractivity contribution >= 4 is 35.8 Å². The molecule has 1 aliphatic heterocycles. The van der Waals surface area contributed by atoms with Gasteiger partial charge in [0.05, 0.1) is 195 Å². The van der Waals surface area contributed by atoms with E-state index in [1.165, 1.54) is 31.1 Å². The molecule has 7 unspecified atom stereocenters. The molecule has 94 heavy (non-hydrogen) atoms. The van der Waals surface area contributed by atoms with E-state index >= 15 is 0 Å². The summed E-state index contributed by atoms with van der Waals surface area (Å²) in [6.45, 7) is 23.0. The van der Waals surface area contributed by atoms with Gasteiger partial charge in [0.2, 0.25) is 23.6 Å². The van der Waals surface area contributed by atoms with E-state index < -0.39 is 77.9 Å². The first-order valence-electron chi connectivity index (χ1n) is 33.1. The van der Waals surface area contributed by atoms with E-state index in [1.54, 1.807) is 53.7 Å². The minimum absolute atomic E-state index is 0.0243. The van der Waals surface area contributed by atoms with Gasteiger partial charge in [-0.05, 0) is 64.4 Å². The predicted octanol–water partition coefficient (Wildman–Crippen LogP) is 4.11. The summed E-state index contributed by atoms with van der Waals surface area (Å²) in [5.41, 5.74) is 0.208. The maximum Gasteiger partial charge on any atom is 0.410 e. The van der Waals surface area contributed by atoms with Crippen LogP contribution in [-0.2, 0) is 96.7 Å². The van der Waals surface area contributed by atoms with E-state index in [0.29, 0.717) is 151 Å². The smallest absolute Gasteiger partial charge is 0.410 e. The van der Waals surface area contributed by atoms with Crippen LogP contribution in [0.2, 0.25) is 0 Å². The zero-order valence-electron chi connectivity index (χ0n) is 58.7. The molecule has 2 rings (SSSR count). The third kappa shape index (κ3) is 36.4. The SMILES string of the molecule is CCC(C)C(C(CC(=O)N1CCCC1C(OC)[C@H](C(=O)N[C@H](C)Cc1ccccc1)C(CNC(=O)O)OCCOCCOCCOCCOCCOCCOCCOCCOCCOCCOCCOC)OC)N(C)C(=O)CNC(=O)C(C(C)C)N(C)C(=O)OC(C)(C)C. The van der Waals surface area contributed by atoms with Crippen molar-refractivity contribution in [3.05, 3.63) is 35.9 Å². The molecule has 1 saturated heterocycles. The molecule has 544 valence electrons. The van der Waals surface area contributed by atoms with Gasteiger partial charge < -0.3 is 102 Å². The number of carbonyl (C=O) groups excluding carboxylic acids is 5. The van der Waals surface area contributed by atoms with Crippen LogP contribution in [0.4, 0.5) is 9.59 Å². The van der Waals surface area contributed by atoms with E-state index in [2.05, 4.69) is 16.0 Å². The number of carbonyl (C=O) groups is 6. The fourth-order valence-corrected chi connectivity index (χ4v) is 10.6. The molecule has 0 bridgehead atoms. The lowest BCUT2D eigenvalue weighted by molar-refractivity contribution is -0.151. The van der Waals surface area contributed by atoms with Crippen LogP contribution in [0.25, 0.3) is 0 Å². The van der Waals surface area contributed by atoms with Crippen LogP contribution in [0.15, 0.2) is 30.3 Å².